The number of esters is 3. The van der Waals surface area contributed by atoms with Gasteiger partial charge in [-0.05, 0) is 73.0 Å². The first-order chi connectivity index (χ1) is 29.5. The van der Waals surface area contributed by atoms with E-state index in [1.54, 1.807) is 0 Å². The van der Waals surface area contributed by atoms with Crippen molar-refractivity contribution in [2.24, 2.45) is 0 Å². The molecule has 0 rings (SSSR count). The topological polar surface area (TPSA) is 78.9 Å². The van der Waals surface area contributed by atoms with Crippen LogP contribution in [0.25, 0.3) is 0 Å². The van der Waals surface area contributed by atoms with Gasteiger partial charge >= 0.3 is 17.9 Å². The fraction of sp³-hybridized carbons (Fsp3) is 0.941. The Labute approximate surface area is 385 Å². The molecule has 0 heterocycles. The molecule has 0 N–H and O–H groups in total. The molecular formula is C51H98O6S3. The highest BCUT2D eigenvalue weighted by Gasteiger charge is 2.19. The summed E-state index contributed by atoms with van der Waals surface area (Å²) in [6.07, 6.45) is 42.9. The third kappa shape index (κ3) is 48.5. The summed E-state index contributed by atoms with van der Waals surface area (Å²) in [6, 6.07) is 0. The molecule has 0 saturated carbocycles. The molecule has 0 bridgehead atoms. The monoisotopic (exact) mass is 903 g/mol. The summed E-state index contributed by atoms with van der Waals surface area (Å²) < 4.78 is 16.8. The van der Waals surface area contributed by atoms with Crippen molar-refractivity contribution >= 4 is 53.2 Å². The van der Waals surface area contributed by atoms with Crippen molar-refractivity contribution in [2.45, 2.75) is 258 Å². The summed E-state index contributed by atoms with van der Waals surface area (Å²) in [5, 5.41) is 0. The molecule has 0 atom stereocenters. The van der Waals surface area contributed by atoms with Crippen LogP contribution in [0.15, 0.2) is 0 Å². The van der Waals surface area contributed by atoms with Crippen LogP contribution in [0.5, 0.6) is 0 Å². The van der Waals surface area contributed by atoms with E-state index < -0.39 is 6.10 Å². The van der Waals surface area contributed by atoms with Crippen LogP contribution in [0.4, 0.5) is 0 Å². The SMILES string of the molecule is CCCCCCCCCCCCSCCCC(=O)OCC(COC(=O)CCCSCCCCCCCCCCCC)OC(=O)CCCSCCCCCCCCCCCC. The van der Waals surface area contributed by atoms with Crippen molar-refractivity contribution in [3.05, 3.63) is 0 Å². The van der Waals surface area contributed by atoms with E-state index in [0.717, 1.165) is 53.8 Å². The molecule has 6 nitrogen and oxygen atoms in total. The van der Waals surface area contributed by atoms with Gasteiger partial charge in [-0.15, -0.1) is 0 Å². The first-order valence-electron chi connectivity index (χ1n) is 25.8. The van der Waals surface area contributed by atoms with E-state index in [0.29, 0.717) is 19.3 Å². The van der Waals surface area contributed by atoms with E-state index in [2.05, 4.69) is 20.8 Å². The van der Waals surface area contributed by atoms with Crippen molar-refractivity contribution in [1.29, 1.82) is 0 Å². The molecule has 0 unspecified atom stereocenters. The Hall–Kier alpha value is -0.540. The van der Waals surface area contributed by atoms with Gasteiger partial charge in [0.1, 0.15) is 13.2 Å². The number of ether oxygens (including phenoxy) is 3. The van der Waals surface area contributed by atoms with Gasteiger partial charge < -0.3 is 14.2 Å². The van der Waals surface area contributed by atoms with E-state index in [-0.39, 0.29) is 31.1 Å². The number of unbranched alkanes of at least 4 members (excludes halogenated alkanes) is 27. The van der Waals surface area contributed by atoms with Crippen LogP contribution in [0.3, 0.4) is 0 Å². The molecule has 9 heteroatoms. The summed E-state index contributed by atoms with van der Waals surface area (Å²) in [5.74, 6) is 5.34. The lowest BCUT2D eigenvalue weighted by molar-refractivity contribution is -0.166. The lowest BCUT2D eigenvalue weighted by atomic mass is 10.1. The molecule has 0 spiro atoms. The summed E-state index contributed by atoms with van der Waals surface area (Å²) in [4.78, 5) is 37.9. The Morgan fingerprint density at radius 2 is 0.550 bits per heavy atom. The van der Waals surface area contributed by atoms with Gasteiger partial charge in [0.2, 0.25) is 0 Å². The van der Waals surface area contributed by atoms with Crippen molar-refractivity contribution in [2.75, 3.05) is 47.7 Å². The van der Waals surface area contributed by atoms with Crippen LogP contribution in [-0.2, 0) is 28.6 Å². The maximum absolute atomic E-state index is 12.8. The van der Waals surface area contributed by atoms with E-state index in [9.17, 15) is 14.4 Å². The molecule has 356 valence electrons. The van der Waals surface area contributed by atoms with Crippen molar-refractivity contribution in [3.63, 3.8) is 0 Å². The second-order valence-electron chi connectivity index (χ2n) is 17.2. The minimum absolute atomic E-state index is 0.0776. The molecule has 60 heavy (non-hydrogen) atoms. The number of hydrogen-bond donors (Lipinski definition) is 0. The zero-order valence-corrected chi connectivity index (χ0v) is 42.3. The van der Waals surface area contributed by atoms with Crippen LogP contribution in [0, 0.1) is 0 Å². The lowest BCUT2D eigenvalue weighted by Crippen LogP contribution is -2.31. The number of rotatable bonds is 50. The lowest BCUT2D eigenvalue weighted by Gasteiger charge is -2.18. The van der Waals surface area contributed by atoms with Crippen molar-refractivity contribution in [1.82, 2.24) is 0 Å². The van der Waals surface area contributed by atoms with Gasteiger partial charge in [0.25, 0.3) is 0 Å². The summed E-state index contributed by atoms with van der Waals surface area (Å²) in [7, 11) is 0. The van der Waals surface area contributed by atoms with E-state index in [4.69, 9.17) is 14.2 Å². The highest BCUT2D eigenvalue weighted by atomic mass is 32.2. The zero-order valence-electron chi connectivity index (χ0n) is 39.9. The molecule has 0 amide bonds. The maximum Gasteiger partial charge on any atom is 0.306 e. The fourth-order valence-electron chi connectivity index (χ4n) is 7.21. The second kappa shape index (κ2) is 51.1. The molecule has 0 aliphatic rings. The minimum Gasteiger partial charge on any atom is -0.462 e. The predicted molar refractivity (Wildman–Crippen MR) is 267 cm³/mol. The van der Waals surface area contributed by atoms with Crippen LogP contribution in [0.1, 0.15) is 252 Å². The summed E-state index contributed by atoms with van der Waals surface area (Å²) in [5.41, 5.74) is 0. The molecule has 0 aromatic heterocycles. The molecular weight excluding hydrogens is 805 g/mol. The molecule has 0 aliphatic heterocycles. The predicted octanol–water partition coefficient (Wildman–Crippen LogP) is 16.3. The van der Waals surface area contributed by atoms with Crippen molar-refractivity contribution < 1.29 is 28.6 Å². The van der Waals surface area contributed by atoms with Crippen LogP contribution in [-0.4, -0.2) is 71.7 Å². The Bertz CT molecular complexity index is 858. The largest absolute Gasteiger partial charge is 0.462 e. The number of carbonyl (C=O) groups is 3. The summed E-state index contributed by atoms with van der Waals surface area (Å²) >= 11 is 5.74. The number of hydrogen-bond acceptors (Lipinski definition) is 9. The Morgan fingerprint density at radius 3 is 0.833 bits per heavy atom. The average Bonchev–Trinajstić information content (AvgIpc) is 3.24. The third-order valence-electron chi connectivity index (χ3n) is 11.1. The van der Waals surface area contributed by atoms with Crippen LogP contribution < -0.4 is 0 Å². The molecule has 0 aromatic carbocycles. The second-order valence-corrected chi connectivity index (χ2v) is 20.8. The standard InChI is InChI=1S/C51H98O6S3/c1-4-7-10-13-16-19-22-25-28-31-40-58-43-34-37-49(52)55-46-48(57-51(54)39-36-45-60-42-33-30-27-24-21-18-15-12-9-6-3)47-56-50(53)38-35-44-59-41-32-29-26-23-20-17-14-11-8-5-2/h48H,4-47H2,1-3H3. The van der Waals surface area contributed by atoms with Gasteiger partial charge in [-0.3, -0.25) is 14.4 Å². The van der Waals surface area contributed by atoms with E-state index >= 15 is 0 Å². The van der Waals surface area contributed by atoms with Gasteiger partial charge in [-0.1, -0.05) is 194 Å². The zero-order chi connectivity index (χ0) is 43.7. The minimum atomic E-state index is -0.777. The van der Waals surface area contributed by atoms with Crippen molar-refractivity contribution in [3.8, 4) is 0 Å². The molecule has 0 radical (unpaired) electrons. The first-order valence-corrected chi connectivity index (χ1v) is 29.2. The first kappa shape index (κ1) is 59.5. The smallest absolute Gasteiger partial charge is 0.306 e. The molecule has 0 aromatic rings. The Morgan fingerprint density at radius 1 is 0.317 bits per heavy atom. The van der Waals surface area contributed by atoms with Gasteiger partial charge in [-0.2, -0.15) is 35.3 Å². The van der Waals surface area contributed by atoms with Gasteiger partial charge in [0.15, 0.2) is 6.10 Å². The molecule has 0 saturated heterocycles. The Kier molecular flexibility index (Phi) is 50.6. The molecule has 0 fully saturated rings. The number of thioether (sulfide) groups is 3. The van der Waals surface area contributed by atoms with E-state index in [1.807, 2.05) is 35.3 Å². The average molecular weight is 904 g/mol. The normalized spacial score (nSPS) is 11.4. The Balaban J connectivity index is 4.30. The summed E-state index contributed by atoms with van der Waals surface area (Å²) in [6.45, 7) is 6.65. The van der Waals surface area contributed by atoms with E-state index in [1.165, 1.54) is 193 Å². The van der Waals surface area contributed by atoms with Gasteiger partial charge in [0.05, 0.1) is 0 Å². The fourth-order valence-corrected chi connectivity index (χ4v) is 10.1. The highest BCUT2D eigenvalue weighted by Crippen LogP contribution is 2.17. The van der Waals surface area contributed by atoms with Gasteiger partial charge in [0, 0.05) is 19.3 Å². The molecule has 0 aliphatic carbocycles. The highest BCUT2D eigenvalue weighted by molar-refractivity contribution is 7.99. The van der Waals surface area contributed by atoms with Gasteiger partial charge in [-0.25, -0.2) is 0 Å². The quantitative estimate of drug-likeness (QED) is 0.0337. The third-order valence-corrected chi connectivity index (χ3v) is 14.6. The van der Waals surface area contributed by atoms with Crippen LogP contribution in [0.2, 0.25) is 0 Å². The van der Waals surface area contributed by atoms with Crippen LogP contribution >= 0.6 is 35.3 Å². The maximum atomic E-state index is 12.8. The number of carbonyl (C=O) groups excluding carboxylic acids is 3.